The van der Waals surface area contributed by atoms with Crippen molar-refractivity contribution in [3.05, 3.63) is 65.3 Å². The number of pyridine rings is 1. The quantitative estimate of drug-likeness (QED) is 0.647. The van der Waals surface area contributed by atoms with Crippen LogP contribution in [0, 0.1) is 6.92 Å². The van der Waals surface area contributed by atoms with Crippen LogP contribution in [-0.2, 0) is 5.75 Å². The lowest BCUT2D eigenvalue weighted by molar-refractivity contribution is 1.12. The number of hydrogen-bond acceptors (Lipinski definition) is 4. The highest BCUT2D eigenvalue weighted by Crippen LogP contribution is 2.27. The molecule has 2 heterocycles. The molecule has 0 aliphatic heterocycles. The van der Waals surface area contributed by atoms with E-state index in [9.17, 15) is 0 Å². The molecule has 0 aliphatic rings. The highest BCUT2D eigenvalue weighted by molar-refractivity contribution is 7.98. The van der Waals surface area contributed by atoms with Crippen molar-refractivity contribution >= 4 is 23.1 Å². The molecule has 0 bridgehead atoms. The fourth-order valence-electron chi connectivity index (χ4n) is 1.78. The van der Waals surface area contributed by atoms with E-state index in [1.165, 1.54) is 11.1 Å². The first-order chi connectivity index (χ1) is 9.81. The molecule has 0 saturated heterocycles. The summed E-state index contributed by atoms with van der Waals surface area (Å²) >= 11 is 3.42. The first-order valence-corrected chi connectivity index (χ1v) is 8.23. The summed E-state index contributed by atoms with van der Waals surface area (Å²) in [6, 6.07) is 14.5. The Balaban J connectivity index is 1.69. The molecule has 0 unspecified atom stereocenters. The van der Waals surface area contributed by atoms with Crippen LogP contribution in [0.3, 0.4) is 0 Å². The third kappa shape index (κ3) is 3.26. The van der Waals surface area contributed by atoms with Gasteiger partial charge in [-0.25, -0.2) is 9.97 Å². The third-order valence-electron chi connectivity index (χ3n) is 2.86. The van der Waals surface area contributed by atoms with Crippen LogP contribution >= 0.6 is 23.1 Å². The molecular weight excluding hydrogens is 284 g/mol. The molecule has 0 N–H and O–H groups in total. The molecule has 0 atom stereocenters. The lowest BCUT2D eigenvalue weighted by Gasteiger charge is -1.98. The fraction of sp³-hybridized carbons (Fsp3) is 0.125. The molecule has 0 radical (unpaired) electrons. The highest BCUT2D eigenvalue weighted by Gasteiger charge is 2.05. The van der Waals surface area contributed by atoms with Gasteiger partial charge in [-0.05, 0) is 19.1 Å². The molecular formula is C16H14N2S2. The molecule has 0 aliphatic carbocycles. The van der Waals surface area contributed by atoms with E-state index in [-0.39, 0.29) is 0 Å². The number of aromatic nitrogens is 2. The van der Waals surface area contributed by atoms with E-state index in [1.54, 1.807) is 23.1 Å². The predicted octanol–water partition coefficient (Wildman–Crippen LogP) is 4.81. The van der Waals surface area contributed by atoms with Gasteiger partial charge in [0.2, 0.25) is 0 Å². The zero-order chi connectivity index (χ0) is 13.8. The summed E-state index contributed by atoms with van der Waals surface area (Å²) in [7, 11) is 0. The molecule has 20 heavy (non-hydrogen) atoms. The molecule has 0 spiro atoms. The molecule has 0 amide bonds. The smallest absolute Gasteiger partial charge is 0.123 e. The molecule has 3 aromatic rings. The van der Waals surface area contributed by atoms with Crippen LogP contribution in [0.2, 0.25) is 0 Å². The standard InChI is InChI=1S/C16H14N2S2/c1-12-5-7-13(8-6-12)16-18-14(11-20-16)10-19-15-4-2-3-9-17-15/h2-9,11H,10H2,1H3. The second kappa shape index (κ2) is 6.20. The van der Waals surface area contributed by atoms with Gasteiger partial charge in [-0.1, -0.05) is 35.9 Å². The Bertz CT molecular complexity index is 675. The summed E-state index contributed by atoms with van der Waals surface area (Å²) in [6.45, 7) is 2.10. The van der Waals surface area contributed by atoms with Crippen molar-refractivity contribution in [2.45, 2.75) is 17.7 Å². The number of benzene rings is 1. The lowest BCUT2D eigenvalue weighted by atomic mass is 10.2. The molecule has 1 aromatic carbocycles. The Hall–Kier alpha value is -1.65. The van der Waals surface area contributed by atoms with E-state index in [2.05, 4.69) is 41.6 Å². The van der Waals surface area contributed by atoms with Gasteiger partial charge in [0.15, 0.2) is 0 Å². The van der Waals surface area contributed by atoms with E-state index in [0.717, 1.165) is 21.5 Å². The van der Waals surface area contributed by atoms with E-state index in [4.69, 9.17) is 4.98 Å². The molecule has 4 heteroatoms. The predicted molar refractivity (Wildman–Crippen MR) is 86.1 cm³/mol. The molecule has 3 rings (SSSR count). The van der Waals surface area contributed by atoms with Crippen molar-refractivity contribution in [2.24, 2.45) is 0 Å². The Morgan fingerprint density at radius 2 is 1.95 bits per heavy atom. The summed E-state index contributed by atoms with van der Waals surface area (Å²) in [5.41, 5.74) is 3.58. The van der Waals surface area contributed by atoms with Gasteiger partial charge in [0.1, 0.15) is 5.01 Å². The Morgan fingerprint density at radius 3 is 2.70 bits per heavy atom. The molecule has 2 aromatic heterocycles. The Labute approximate surface area is 126 Å². The molecule has 2 nitrogen and oxygen atoms in total. The maximum absolute atomic E-state index is 4.70. The summed E-state index contributed by atoms with van der Waals surface area (Å²) in [4.78, 5) is 9.00. The van der Waals surface area contributed by atoms with Crippen LogP contribution in [0.5, 0.6) is 0 Å². The molecule has 0 fully saturated rings. The van der Waals surface area contributed by atoms with Crippen molar-refractivity contribution < 1.29 is 0 Å². The minimum Gasteiger partial charge on any atom is -0.250 e. The maximum Gasteiger partial charge on any atom is 0.123 e. The van der Waals surface area contributed by atoms with Crippen LogP contribution < -0.4 is 0 Å². The number of aryl methyl sites for hydroxylation is 1. The van der Waals surface area contributed by atoms with Crippen LogP contribution in [0.25, 0.3) is 10.6 Å². The van der Waals surface area contributed by atoms with E-state index < -0.39 is 0 Å². The van der Waals surface area contributed by atoms with Crippen molar-refractivity contribution in [1.82, 2.24) is 9.97 Å². The Morgan fingerprint density at radius 1 is 1.10 bits per heavy atom. The van der Waals surface area contributed by atoms with E-state index in [0.29, 0.717) is 0 Å². The van der Waals surface area contributed by atoms with Crippen molar-refractivity contribution in [3.8, 4) is 10.6 Å². The summed E-state index contributed by atoms with van der Waals surface area (Å²) in [6.07, 6.45) is 1.82. The number of hydrogen-bond donors (Lipinski definition) is 0. The summed E-state index contributed by atoms with van der Waals surface area (Å²) in [5.74, 6) is 0.860. The average molecular weight is 298 g/mol. The second-order valence-corrected chi connectivity index (χ2v) is 6.32. The van der Waals surface area contributed by atoms with E-state index in [1.807, 2.05) is 24.4 Å². The normalized spacial score (nSPS) is 10.7. The van der Waals surface area contributed by atoms with Gasteiger partial charge in [0.25, 0.3) is 0 Å². The fourth-order valence-corrected chi connectivity index (χ4v) is 3.47. The number of nitrogens with zero attached hydrogens (tertiary/aromatic N) is 2. The zero-order valence-electron chi connectivity index (χ0n) is 11.1. The lowest BCUT2D eigenvalue weighted by Crippen LogP contribution is -1.83. The van der Waals surface area contributed by atoms with Crippen molar-refractivity contribution in [2.75, 3.05) is 0 Å². The topological polar surface area (TPSA) is 25.8 Å². The number of rotatable bonds is 4. The molecule has 0 saturated carbocycles. The minimum atomic E-state index is 0.860. The van der Waals surface area contributed by atoms with Crippen LogP contribution in [0.1, 0.15) is 11.3 Å². The largest absolute Gasteiger partial charge is 0.250 e. The first kappa shape index (κ1) is 13.3. The van der Waals surface area contributed by atoms with Gasteiger partial charge >= 0.3 is 0 Å². The SMILES string of the molecule is Cc1ccc(-c2nc(CSc3ccccn3)cs2)cc1. The van der Waals surface area contributed by atoms with Crippen LogP contribution in [0.15, 0.2) is 59.1 Å². The maximum atomic E-state index is 4.70. The van der Waals surface area contributed by atoms with Crippen LogP contribution in [0.4, 0.5) is 0 Å². The van der Waals surface area contributed by atoms with Crippen molar-refractivity contribution in [3.63, 3.8) is 0 Å². The van der Waals surface area contributed by atoms with Gasteiger partial charge in [-0.3, -0.25) is 0 Å². The first-order valence-electron chi connectivity index (χ1n) is 6.36. The van der Waals surface area contributed by atoms with Gasteiger partial charge in [-0.15, -0.1) is 23.1 Å². The monoisotopic (exact) mass is 298 g/mol. The van der Waals surface area contributed by atoms with Gasteiger partial charge in [-0.2, -0.15) is 0 Å². The zero-order valence-corrected chi connectivity index (χ0v) is 12.7. The Kier molecular flexibility index (Phi) is 4.14. The number of thioether (sulfide) groups is 1. The average Bonchev–Trinajstić information content (AvgIpc) is 2.96. The van der Waals surface area contributed by atoms with Gasteiger partial charge in [0.05, 0.1) is 10.7 Å². The third-order valence-corrected chi connectivity index (χ3v) is 4.77. The minimum absolute atomic E-state index is 0.860. The van der Waals surface area contributed by atoms with E-state index >= 15 is 0 Å². The number of thiazole rings is 1. The highest BCUT2D eigenvalue weighted by atomic mass is 32.2. The van der Waals surface area contributed by atoms with Gasteiger partial charge < -0.3 is 0 Å². The second-order valence-electron chi connectivity index (χ2n) is 4.47. The molecule has 100 valence electrons. The summed E-state index contributed by atoms with van der Waals surface area (Å²) < 4.78 is 0. The van der Waals surface area contributed by atoms with Crippen LogP contribution in [-0.4, -0.2) is 9.97 Å². The summed E-state index contributed by atoms with van der Waals surface area (Å²) in [5, 5.41) is 4.25. The van der Waals surface area contributed by atoms with Gasteiger partial charge in [0, 0.05) is 22.9 Å². The van der Waals surface area contributed by atoms with Crippen molar-refractivity contribution in [1.29, 1.82) is 0 Å².